The first kappa shape index (κ1) is 29.5. The van der Waals surface area contributed by atoms with Gasteiger partial charge in [0.2, 0.25) is 21.8 Å². The molecule has 1 unspecified atom stereocenters. The molecule has 40 heavy (non-hydrogen) atoms. The minimum absolute atomic E-state index is 0.0406. The lowest BCUT2D eigenvalue weighted by molar-refractivity contribution is -0.141. The highest BCUT2D eigenvalue weighted by atomic mass is 32.2. The second kappa shape index (κ2) is 14.2. The third-order valence-electron chi connectivity index (χ3n) is 7.08. The third-order valence-corrected chi connectivity index (χ3v) is 8.99. The Morgan fingerprint density at radius 2 is 1.50 bits per heavy atom. The molecule has 2 amide bonds. The smallest absolute Gasteiger partial charge is 0.247 e. The van der Waals surface area contributed by atoms with E-state index in [1.807, 2.05) is 60.7 Å². The lowest BCUT2D eigenvalue weighted by Crippen LogP contribution is -2.43. The zero-order valence-corrected chi connectivity index (χ0v) is 23.4. The van der Waals surface area contributed by atoms with Gasteiger partial charge >= 0.3 is 0 Å². The molecule has 3 aromatic rings. The average molecular weight is 564 g/mol. The molecule has 1 aliphatic heterocycles. The van der Waals surface area contributed by atoms with Gasteiger partial charge in [-0.1, -0.05) is 72.8 Å². The van der Waals surface area contributed by atoms with E-state index in [0.29, 0.717) is 38.0 Å². The van der Waals surface area contributed by atoms with Crippen LogP contribution in [0.5, 0.6) is 0 Å². The highest BCUT2D eigenvalue weighted by molar-refractivity contribution is 7.89. The van der Waals surface area contributed by atoms with Crippen molar-refractivity contribution >= 4 is 21.8 Å². The van der Waals surface area contributed by atoms with Crippen molar-refractivity contribution in [3.8, 4) is 0 Å². The quantitative estimate of drug-likeness (QED) is 0.309. The fourth-order valence-corrected chi connectivity index (χ4v) is 6.42. The summed E-state index contributed by atoms with van der Waals surface area (Å²) in [5, 5.41) is 12.0. The fourth-order valence-electron chi connectivity index (χ4n) is 4.90. The number of hydrogen-bond acceptors (Lipinski definition) is 5. The standard InChI is InChI=1S/C31H37N3O5S/c35-23-9-20-32-31(37)30(27-12-5-2-6-13-27)34(24-26-10-3-1-4-11-26)29(36)19-16-25-14-17-28(18-15-25)40(38,39)33-21-7-8-22-33/h1-6,10-15,17-18,30,35H,7-9,16,19-24H2,(H,32,37). The summed E-state index contributed by atoms with van der Waals surface area (Å²) in [5.74, 6) is -0.496. The molecule has 1 atom stereocenters. The number of carbonyl (C=O) groups is 2. The van der Waals surface area contributed by atoms with Crippen LogP contribution < -0.4 is 5.32 Å². The van der Waals surface area contributed by atoms with E-state index >= 15 is 0 Å². The number of aliphatic hydroxyl groups excluding tert-OH is 1. The molecule has 0 aliphatic carbocycles. The summed E-state index contributed by atoms with van der Waals surface area (Å²) in [5.41, 5.74) is 2.44. The van der Waals surface area contributed by atoms with Crippen molar-refractivity contribution in [2.75, 3.05) is 26.2 Å². The van der Waals surface area contributed by atoms with Crippen LogP contribution in [-0.4, -0.2) is 60.8 Å². The zero-order valence-electron chi connectivity index (χ0n) is 22.6. The number of nitrogens with one attached hydrogen (secondary N) is 1. The monoisotopic (exact) mass is 563 g/mol. The van der Waals surface area contributed by atoms with Crippen molar-refractivity contribution in [2.24, 2.45) is 0 Å². The molecule has 0 radical (unpaired) electrons. The Bertz CT molecular complexity index is 1340. The van der Waals surface area contributed by atoms with Gasteiger partial charge in [0.1, 0.15) is 6.04 Å². The maximum absolute atomic E-state index is 13.8. The summed E-state index contributed by atoms with van der Waals surface area (Å²) in [7, 11) is -3.50. The number of benzene rings is 3. The van der Waals surface area contributed by atoms with Crippen LogP contribution in [0.1, 0.15) is 48.4 Å². The van der Waals surface area contributed by atoms with Crippen molar-refractivity contribution in [2.45, 2.75) is 49.6 Å². The van der Waals surface area contributed by atoms with Crippen LogP contribution in [0.2, 0.25) is 0 Å². The van der Waals surface area contributed by atoms with Crippen LogP contribution >= 0.6 is 0 Å². The predicted molar refractivity (Wildman–Crippen MR) is 154 cm³/mol. The van der Waals surface area contributed by atoms with Gasteiger partial charge in [0.15, 0.2) is 0 Å². The Balaban J connectivity index is 1.54. The van der Waals surface area contributed by atoms with Crippen molar-refractivity contribution in [1.82, 2.24) is 14.5 Å². The molecule has 0 saturated carbocycles. The first-order valence-corrected chi connectivity index (χ1v) is 15.2. The zero-order chi connectivity index (χ0) is 28.4. The number of amides is 2. The molecule has 1 aliphatic rings. The van der Waals surface area contributed by atoms with Gasteiger partial charge in [0.05, 0.1) is 4.90 Å². The van der Waals surface area contributed by atoms with Crippen molar-refractivity contribution < 1.29 is 23.1 Å². The second-order valence-electron chi connectivity index (χ2n) is 9.94. The van der Waals surface area contributed by atoms with Gasteiger partial charge in [-0.3, -0.25) is 9.59 Å². The van der Waals surface area contributed by atoms with Crippen LogP contribution in [-0.2, 0) is 32.6 Å². The van der Waals surface area contributed by atoms with E-state index in [-0.39, 0.29) is 36.3 Å². The third kappa shape index (κ3) is 7.56. The molecule has 1 heterocycles. The summed E-state index contributed by atoms with van der Waals surface area (Å²) < 4.78 is 27.2. The average Bonchev–Trinajstić information content (AvgIpc) is 3.53. The van der Waals surface area contributed by atoms with Crippen LogP contribution in [0.4, 0.5) is 0 Å². The molecule has 4 rings (SSSR count). The van der Waals surface area contributed by atoms with Gasteiger partial charge in [-0.15, -0.1) is 0 Å². The number of aryl methyl sites for hydroxylation is 1. The predicted octanol–water partition coefficient (Wildman–Crippen LogP) is 3.67. The van der Waals surface area contributed by atoms with Gasteiger partial charge in [0.25, 0.3) is 0 Å². The van der Waals surface area contributed by atoms with Gasteiger partial charge in [0, 0.05) is 39.2 Å². The minimum atomic E-state index is -3.50. The Morgan fingerprint density at radius 3 is 2.12 bits per heavy atom. The molecule has 9 heteroatoms. The summed E-state index contributed by atoms with van der Waals surface area (Å²) in [6.07, 6.45) is 2.73. The lowest BCUT2D eigenvalue weighted by Gasteiger charge is -2.32. The molecule has 3 aromatic carbocycles. The number of nitrogens with zero attached hydrogens (tertiary/aromatic N) is 2. The number of aliphatic hydroxyl groups is 1. The maximum atomic E-state index is 13.8. The highest BCUT2D eigenvalue weighted by Gasteiger charge is 2.31. The van der Waals surface area contributed by atoms with Crippen LogP contribution in [0.3, 0.4) is 0 Å². The highest BCUT2D eigenvalue weighted by Crippen LogP contribution is 2.26. The van der Waals surface area contributed by atoms with Crippen LogP contribution in [0.25, 0.3) is 0 Å². The van der Waals surface area contributed by atoms with Gasteiger partial charge in [-0.2, -0.15) is 4.31 Å². The SMILES string of the molecule is O=C(NCCCO)C(c1ccccc1)N(Cc1ccccc1)C(=O)CCc1ccc(S(=O)(=O)N2CCCC2)cc1. The normalized spacial score (nSPS) is 14.5. The van der Waals surface area contributed by atoms with E-state index in [0.717, 1.165) is 24.0 Å². The second-order valence-corrected chi connectivity index (χ2v) is 11.9. The summed E-state index contributed by atoms with van der Waals surface area (Å²) >= 11 is 0. The molecule has 2 N–H and O–H groups in total. The van der Waals surface area contributed by atoms with Crippen LogP contribution in [0, 0.1) is 0 Å². The number of sulfonamides is 1. The first-order chi connectivity index (χ1) is 19.4. The summed E-state index contributed by atoms with van der Waals surface area (Å²) in [6.45, 7) is 1.61. The van der Waals surface area contributed by atoms with Crippen molar-refractivity contribution in [3.63, 3.8) is 0 Å². The molecule has 212 valence electrons. The Labute approximate surface area is 236 Å². The fraction of sp³-hybridized carbons (Fsp3) is 0.355. The van der Waals surface area contributed by atoms with Gasteiger partial charge in [-0.25, -0.2) is 8.42 Å². The van der Waals surface area contributed by atoms with E-state index in [4.69, 9.17) is 0 Å². The molecule has 1 saturated heterocycles. The lowest BCUT2D eigenvalue weighted by atomic mass is 10.0. The molecule has 1 fully saturated rings. The summed E-state index contributed by atoms with van der Waals surface area (Å²) in [6, 6.07) is 24.6. The largest absolute Gasteiger partial charge is 0.396 e. The molecule has 0 spiro atoms. The van der Waals surface area contributed by atoms with E-state index in [1.165, 1.54) is 4.31 Å². The van der Waals surface area contributed by atoms with Crippen molar-refractivity contribution in [3.05, 3.63) is 102 Å². The Morgan fingerprint density at radius 1 is 0.875 bits per heavy atom. The molecule has 8 nitrogen and oxygen atoms in total. The van der Waals surface area contributed by atoms with E-state index < -0.39 is 16.1 Å². The van der Waals surface area contributed by atoms with E-state index in [2.05, 4.69) is 5.32 Å². The minimum Gasteiger partial charge on any atom is -0.396 e. The molecular weight excluding hydrogens is 526 g/mol. The number of carbonyl (C=O) groups excluding carboxylic acids is 2. The number of rotatable bonds is 13. The van der Waals surface area contributed by atoms with Gasteiger partial charge < -0.3 is 15.3 Å². The first-order valence-electron chi connectivity index (χ1n) is 13.8. The Hall–Kier alpha value is -3.53. The molecule has 0 aromatic heterocycles. The van der Waals surface area contributed by atoms with E-state index in [9.17, 15) is 23.1 Å². The van der Waals surface area contributed by atoms with E-state index in [1.54, 1.807) is 29.2 Å². The molecule has 0 bridgehead atoms. The van der Waals surface area contributed by atoms with Gasteiger partial charge in [-0.05, 0) is 54.5 Å². The van der Waals surface area contributed by atoms with Crippen molar-refractivity contribution in [1.29, 1.82) is 0 Å². The number of hydrogen-bond donors (Lipinski definition) is 2. The maximum Gasteiger partial charge on any atom is 0.247 e. The Kier molecular flexibility index (Phi) is 10.5. The summed E-state index contributed by atoms with van der Waals surface area (Å²) in [4.78, 5) is 29.1. The molecular formula is C31H37N3O5S. The topological polar surface area (TPSA) is 107 Å². The van der Waals surface area contributed by atoms with Crippen LogP contribution in [0.15, 0.2) is 89.8 Å².